The SMILES string of the molecule is CC(=O)Oc1ccc(OC(C)=O)c(C=C[Si](OCC2OC=CC(OC(C)=O)[C@@H]2OC(C)=O)(C(C)C)C(C)C)c1. The van der Waals surface area contributed by atoms with Crippen LogP contribution in [0.3, 0.4) is 0 Å². The Morgan fingerprint density at radius 2 is 1.51 bits per heavy atom. The minimum atomic E-state index is -2.73. The van der Waals surface area contributed by atoms with Gasteiger partial charge in [-0.3, -0.25) is 19.2 Å². The molecular formula is C28H38O10Si. The van der Waals surface area contributed by atoms with Gasteiger partial charge >= 0.3 is 23.9 Å². The van der Waals surface area contributed by atoms with Gasteiger partial charge in [0.15, 0.2) is 18.3 Å². The number of esters is 4. The van der Waals surface area contributed by atoms with E-state index in [0.29, 0.717) is 17.1 Å². The lowest BCUT2D eigenvalue weighted by molar-refractivity contribution is -0.175. The van der Waals surface area contributed by atoms with Crippen LogP contribution in [0.1, 0.15) is 61.0 Å². The highest BCUT2D eigenvalue weighted by Gasteiger charge is 2.43. The Hall–Kier alpha value is -3.44. The van der Waals surface area contributed by atoms with E-state index in [1.807, 2.05) is 11.8 Å². The van der Waals surface area contributed by atoms with E-state index in [-0.39, 0.29) is 17.7 Å². The van der Waals surface area contributed by atoms with Crippen molar-refractivity contribution in [3.8, 4) is 11.5 Å². The summed E-state index contributed by atoms with van der Waals surface area (Å²) in [6.45, 7) is 13.5. The third kappa shape index (κ3) is 9.07. The lowest BCUT2D eigenvalue weighted by atomic mass is 10.1. The molecule has 1 aromatic rings. The number of benzene rings is 1. The van der Waals surface area contributed by atoms with Gasteiger partial charge in [-0.15, -0.1) is 0 Å². The highest BCUT2D eigenvalue weighted by molar-refractivity contribution is 6.81. The fourth-order valence-electron chi connectivity index (χ4n) is 4.40. The third-order valence-corrected chi connectivity index (χ3v) is 11.1. The monoisotopic (exact) mass is 562 g/mol. The van der Waals surface area contributed by atoms with E-state index < -0.39 is 50.5 Å². The smallest absolute Gasteiger partial charge is 0.308 e. The molecule has 3 atom stereocenters. The minimum Gasteiger partial charge on any atom is -0.492 e. The first-order valence-electron chi connectivity index (χ1n) is 12.8. The molecule has 214 valence electrons. The lowest BCUT2D eigenvalue weighted by Gasteiger charge is -2.39. The van der Waals surface area contributed by atoms with Gasteiger partial charge in [-0.25, -0.2) is 0 Å². The number of carbonyl (C=O) groups excluding carboxylic acids is 4. The molecule has 0 aliphatic carbocycles. The van der Waals surface area contributed by atoms with Crippen LogP contribution in [-0.2, 0) is 37.8 Å². The Kier molecular flexibility index (Phi) is 11.5. The predicted molar refractivity (Wildman–Crippen MR) is 145 cm³/mol. The normalized spacial score (nSPS) is 19.1. The molecule has 1 aliphatic heterocycles. The fourth-order valence-corrected chi connectivity index (χ4v) is 8.16. The van der Waals surface area contributed by atoms with Crippen molar-refractivity contribution < 1.29 is 47.3 Å². The maximum Gasteiger partial charge on any atom is 0.308 e. The molecular weight excluding hydrogens is 524 g/mol. The summed E-state index contributed by atoms with van der Waals surface area (Å²) in [5.74, 6) is -1.40. The largest absolute Gasteiger partial charge is 0.492 e. The summed E-state index contributed by atoms with van der Waals surface area (Å²) in [7, 11) is -2.73. The van der Waals surface area contributed by atoms with Gasteiger partial charge in [0.2, 0.25) is 8.32 Å². The summed E-state index contributed by atoms with van der Waals surface area (Å²) in [5, 5.41) is 0. The number of hydrogen-bond acceptors (Lipinski definition) is 10. The van der Waals surface area contributed by atoms with Crippen molar-refractivity contribution in [1.29, 1.82) is 0 Å². The summed E-state index contributed by atoms with van der Waals surface area (Å²) in [6, 6.07) is 4.73. The van der Waals surface area contributed by atoms with Crippen molar-refractivity contribution in [2.24, 2.45) is 0 Å². The van der Waals surface area contributed by atoms with E-state index in [1.165, 1.54) is 40.0 Å². The van der Waals surface area contributed by atoms with E-state index >= 15 is 0 Å². The Morgan fingerprint density at radius 1 is 0.897 bits per heavy atom. The second-order valence-electron chi connectivity index (χ2n) is 9.85. The van der Waals surface area contributed by atoms with Crippen LogP contribution in [0.25, 0.3) is 6.08 Å². The first-order chi connectivity index (χ1) is 18.2. The van der Waals surface area contributed by atoms with Gasteiger partial charge in [0.05, 0.1) is 12.9 Å². The maximum absolute atomic E-state index is 11.8. The molecule has 2 unspecified atom stereocenters. The van der Waals surface area contributed by atoms with Crippen molar-refractivity contribution in [2.75, 3.05) is 6.61 Å². The summed E-state index contributed by atoms with van der Waals surface area (Å²) in [6.07, 6.45) is 2.33. The van der Waals surface area contributed by atoms with Crippen molar-refractivity contribution in [1.82, 2.24) is 0 Å². The van der Waals surface area contributed by atoms with Crippen LogP contribution >= 0.6 is 0 Å². The van der Waals surface area contributed by atoms with E-state index in [4.69, 9.17) is 28.1 Å². The Bertz CT molecular complexity index is 1100. The average Bonchev–Trinajstić information content (AvgIpc) is 2.80. The van der Waals surface area contributed by atoms with Crippen molar-refractivity contribution >= 4 is 38.3 Å². The van der Waals surface area contributed by atoms with Gasteiger partial charge in [-0.2, -0.15) is 0 Å². The van der Waals surface area contributed by atoms with Crippen molar-refractivity contribution in [3.63, 3.8) is 0 Å². The van der Waals surface area contributed by atoms with E-state index in [1.54, 1.807) is 18.2 Å². The van der Waals surface area contributed by atoms with Crippen LogP contribution in [0.4, 0.5) is 0 Å². The molecule has 1 aliphatic rings. The van der Waals surface area contributed by atoms with Crippen LogP contribution in [0, 0.1) is 0 Å². The van der Waals surface area contributed by atoms with Gasteiger partial charge in [0.25, 0.3) is 0 Å². The molecule has 0 bridgehead atoms. The summed E-state index contributed by atoms with van der Waals surface area (Å²) < 4.78 is 33.8. The molecule has 0 saturated heterocycles. The van der Waals surface area contributed by atoms with Crippen LogP contribution in [0.2, 0.25) is 11.1 Å². The molecule has 0 spiro atoms. The van der Waals surface area contributed by atoms with Crippen LogP contribution in [0.15, 0.2) is 36.2 Å². The van der Waals surface area contributed by atoms with E-state index in [2.05, 4.69) is 27.7 Å². The number of ether oxygens (including phenoxy) is 5. The third-order valence-electron chi connectivity index (χ3n) is 6.14. The van der Waals surface area contributed by atoms with Crippen molar-refractivity contribution in [2.45, 2.75) is 84.8 Å². The summed E-state index contributed by atoms with van der Waals surface area (Å²) in [4.78, 5) is 46.6. The number of carbonyl (C=O) groups is 4. The molecule has 1 aromatic carbocycles. The van der Waals surface area contributed by atoms with E-state index in [9.17, 15) is 19.2 Å². The molecule has 0 N–H and O–H groups in total. The van der Waals surface area contributed by atoms with Gasteiger partial charge in [-0.05, 0) is 35.4 Å². The Balaban J connectivity index is 2.43. The van der Waals surface area contributed by atoms with Gasteiger partial charge in [0, 0.05) is 33.3 Å². The molecule has 0 fully saturated rings. The first kappa shape index (κ1) is 31.8. The molecule has 0 aromatic heterocycles. The predicted octanol–water partition coefficient (Wildman–Crippen LogP) is 4.65. The quantitative estimate of drug-likeness (QED) is 0.214. The first-order valence-corrected chi connectivity index (χ1v) is 14.9. The standard InChI is InChI=1S/C28H38O10Si/c1-17(2)39(18(3)4,14-12-23-15-24(35-19(5)29)9-10-25(23)36-20(6)30)34-16-27-28(38-22(8)32)26(11-13-33-27)37-21(7)31/h9-15,17-18,26-28H,16H2,1-8H3/t26?,27?,28-/m0/s1. The number of hydrogen-bond donors (Lipinski definition) is 0. The van der Waals surface area contributed by atoms with E-state index in [0.717, 1.165) is 0 Å². The topological polar surface area (TPSA) is 124 Å². The molecule has 10 nitrogen and oxygen atoms in total. The van der Waals surface area contributed by atoms with Crippen LogP contribution in [-0.4, -0.2) is 57.1 Å². The van der Waals surface area contributed by atoms with Gasteiger partial charge in [-0.1, -0.05) is 39.5 Å². The highest BCUT2D eigenvalue weighted by Crippen LogP contribution is 2.37. The highest BCUT2D eigenvalue weighted by atomic mass is 28.4. The molecule has 0 saturated carbocycles. The zero-order chi connectivity index (χ0) is 29.3. The minimum absolute atomic E-state index is 0.0667. The molecule has 39 heavy (non-hydrogen) atoms. The van der Waals surface area contributed by atoms with Gasteiger partial charge in [0.1, 0.15) is 11.5 Å². The molecule has 11 heteroatoms. The molecule has 0 amide bonds. The summed E-state index contributed by atoms with van der Waals surface area (Å²) in [5.41, 5.74) is 2.73. The second-order valence-corrected chi connectivity index (χ2v) is 14.5. The zero-order valence-corrected chi connectivity index (χ0v) is 24.7. The molecule has 2 rings (SSSR count). The average molecular weight is 563 g/mol. The maximum atomic E-state index is 11.8. The van der Waals surface area contributed by atoms with Crippen LogP contribution < -0.4 is 9.47 Å². The Morgan fingerprint density at radius 3 is 2.05 bits per heavy atom. The molecule has 0 radical (unpaired) electrons. The Labute approximate surface area is 230 Å². The lowest BCUT2D eigenvalue weighted by Crippen LogP contribution is -2.51. The number of rotatable bonds is 11. The van der Waals surface area contributed by atoms with Gasteiger partial charge < -0.3 is 28.1 Å². The molecule has 1 heterocycles. The van der Waals surface area contributed by atoms with Crippen molar-refractivity contribution in [3.05, 3.63) is 41.8 Å². The zero-order valence-electron chi connectivity index (χ0n) is 23.7. The summed E-state index contributed by atoms with van der Waals surface area (Å²) >= 11 is 0. The fraction of sp³-hybridized carbons (Fsp3) is 0.500. The second kappa shape index (κ2) is 14.1. The van der Waals surface area contributed by atoms with Crippen LogP contribution in [0.5, 0.6) is 11.5 Å².